The van der Waals surface area contributed by atoms with E-state index in [1.165, 1.54) is 6.08 Å². The Balaban J connectivity index is 0.000000162. The summed E-state index contributed by atoms with van der Waals surface area (Å²) in [4.78, 5) is 33.1. The van der Waals surface area contributed by atoms with E-state index in [-0.39, 0.29) is 6.03 Å². The van der Waals surface area contributed by atoms with E-state index in [0.29, 0.717) is 13.1 Å². The highest BCUT2D eigenvalue weighted by atomic mass is 16.2. The number of nitrogen functional groups attached to an aromatic ring is 1. The Morgan fingerprint density at radius 2 is 1.31 bits per heavy atom. The molecule has 2 amide bonds. The Hall–Kier alpha value is -5.85. The van der Waals surface area contributed by atoms with Crippen LogP contribution in [0.5, 0.6) is 0 Å². The van der Waals surface area contributed by atoms with Crippen molar-refractivity contribution >= 4 is 45.0 Å². The van der Waals surface area contributed by atoms with Crippen molar-refractivity contribution in [3.63, 3.8) is 0 Å². The van der Waals surface area contributed by atoms with Gasteiger partial charge in [0.25, 0.3) is 0 Å². The molecule has 42 heavy (non-hydrogen) atoms. The zero-order valence-electron chi connectivity index (χ0n) is 22.9. The number of rotatable bonds is 5. The maximum Gasteiger partial charge on any atom is 0.319 e. The predicted octanol–water partition coefficient (Wildman–Crippen LogP) is 6.90. The fraction of sp³-hybridized carbons (Fsp3) is 0.0588. The van der Waals surface area contributed by atoms with Gasteiger partial charge in [-0.1, -0.05) is 72.8 Å². The van der Waals surface area contributed by atoms with Gasteiger partial charge >= 0.3 is 6.03 Å². The van der Waals surface area contributed by atoms with Gasteiger partial charge in [-0.2, -0.15) is 0 Å². The smallest absolute Gasteiger partial charge is 0.319 e. The first-order valence-corrected chi connectivity index (χ1v) is 13.2. The van der Waals surface area contributed by atoms with Crippen LogP contribution in [0.3, 0.4) is 0 Å². The van der Waals surface area contributed by atoms with Crippen molar-refractivity contribution in [1.29, 1.82) is 0 Å². The predicted molar refractivity (Wildman–Crippen MR) is 168 cm³/mol. The number of anilines is 2. The topological polar surface area (TPSA) is 122 Å². The Morgan fingerprint density at radius 1 is 0.714 bits per heavy atom. The molecule has 0 aliphatic rings. The molecular formula is C34H30N6O2. The number of nitrogens with one attached hydrogen (secondary N) is 2. The highest BCUT2D eigenvalue weighted by molar-refractivity contribution is 5.93. The molecule has 0 atom stereocenters. The summed E-state index contributed by atoms with van der Waals surface area (Å²) in [5, 5.41) is 10.0. The number of hydrogen-bond donors (Lipinski definition) is 3. The lowest BCUT2D eigenvalue weighted by atomic mass is 10.1. The number of nitrogens with two attached hydrogens (primary N) is 1. The molecular weight excluding hydrogens is 524 g/mol. The van der Waals surface area contributed by atoms with Gasteiger partial charge in [-0.05, 0) is 58.3 Å². The normalized spacial score (nSPS) is 9.81. The standard InChI is InChI=1S/C17H15N3O.C9H8N2.C8H7NO/c21-17(19-11-13-4-2-1-3-5-13)20-16-7-6-15-12-18-9-8-14(15)10-16;10-9-2-1-8-6-11-4-3-7(8)5-9;10-7-9-6-8-4-2-1-3-5-8/h1-10,12H,11H2,(H2,19,20,21);1-6H,10H2;1-5H,6H2. The highest BCUT2D eigenvalue weighted by Crippen LogP contribution is 2.18. The van der Waals surface area contributed by atoms with Gasteiger partial charge in [0.15, 0.2) is 0 Å². The largest absolute Gasteiger partial charge is 0.399 e. The van der Waals surface area contributed by atoms with E-state index < -0.39 is 0 Å². The number of carbonyl (C=O) groups excluding carboxylic acids is 2. The van der Waals surface area contributed by atoms with Gasteiger partial charge in [-0.15, -0.1) is 0 Å². The van der Waals surface area contributed by atoms with E-state index in [0.717, 1.165) is 44.0 Å². The molecule has 0 saturated heterocycles. The Morgan fingerprint density at radius 3 is 1.95 bits per heavy atom. The Bertz CT molecular complexity index is 1770. The van der Waals surface area contributed by atoms with Crippen LogP contribution in [0.2, 0.25) is 0 Å². The van der Waals surface area contributed by atoms with Crippen molar-refractivity contribution in [3.8, 4) is 0 Å². The van der Waals surface area contributed by atoms with E-state index in [9.17, 15) is 9.59 Å². The molecule has 0 fully saturated rings. The van der Waals surface area contributed by atoms with Crippen molar-refractivity contribution in [2.75, 3.05) is 11.1 Å². The van der Waals surface area contributed by atoms with Gasteiger partial charge in [-0.25, -0.2) is 14.6 Å². The number of amides is 2. The number of carbonyl (C=O) groups is 1. The van der Waals surface area contributed by atoms with Crippen LogP contribution in [0.15, 0.2) is 139 Å². The molecule has 0 radical (unpaired) electrons. The van der Waals surface area contributed by atoms with E-state index in [1.807, 2.05) is 115 Å². The summed E-state index contributed by atoms with van der Waals surface area (Å²) in [6, 6.07) is 34.6. The second-order valence-corrected chi connectivity index (χ2v) is 9.11. The molecule has 0 aliphatic carbocycles. The molecule has 4 aromatic carbocycles. The molecule has 0 unspecified atom stereocenters. The first-order chi connectivity index (χ1) is 20.6. The van der Waals surface area contributed by atoms with Gasteiger partial charge < -0.3 is 16.4 Å². The minimum Gasteiger partial charge on any atom is -0.399 e. The Kier molecular flexibility index (Phi) is 10.9. The van der Waals surface area contributed by atoms with Crippen molar-refractivity contribution in [2.45, 2.75) is 13.1 Å². The summed E-state index contributed by atoms with van der Waals surface area (Å²) in [5.41, 5.74) is 9.26. The lowest BCUT2D eigenvalue weighted by molar-refractivity contribution is 0.251. The average Bonchev–Trinajstić information content (AvgIpc) is 3.04. The van der Waals surface area contributed by atoms with Gasteiger partial charge in [-0.3, -0.25) is 9.97 Å². The van der Waals surface area contributed by atoms with Crippen LogP contribution in [-0.4, -0.2) is 22.1 Å². The zero-order chi connectivity index (χ0) is 29.4. The van der Waals surface area contributed by atoms with Gasteiger partial charge in [0.2, 0.25) is 6.08 Å². The number of pyridine rings is 2. The molecule has 8 heteroatoms. The molecule has 4 N–H and O–H groups in total. The maximum atomic E-state index is 11.9. The zero-order valence-corrected chi connectivity index (χ0v) is 22.9. The number of aliphatic imine (C=N–C) groups is 1. The first kappa shape index (κ1) is 29.1. The molecule has 0 spiro atoms. The van der Waals surface area contributed by atoms with E-state index in [4.69, 9.17) is 5.73 Å². The summed E-state index contributed by atoms with van der Waals surface area (Å²) in [7, 11) is 0. The summed E-state index contributed by atoms with van der Waals surface area (Å²) in [5.74, 6) is 0. The van der Waals surface area contributed by atoms with Crippen LogP contribution in [-0.2, 0) is 17.9 Å². The number of urea groups is 1. The average molecular weight is 555 g/mol. The lowest BCUT2D eigenvalue weighted by Crippen LogP contribution is -2.28. The van der Waals surface area contributed by atoms with Gasteiger partial charge in [0, 0.05) is 53.5 Å². The van der Waals surface area contributed by atoms with Crippen molar-refractivity contribution in [1.82, 2.24) is 15.3 Å². The van der Waals surface area contributed by atoms with Gasteiger partial charge in [0.05, 0.1) is 6.54 Å². The third-order valence-electron chi connectivity index (χ3n) is 6.03. The molecule has 2 heterocycles. The molecule has 2 aromatic heterocycles. The monoisotopic (exact) mass is 554 g/mol. The summed E-state index contributed by atoms with van der Waals surface area (Å²) in [6.45, 7) is 0.939. The third-order valence-corrected chi connectivity index (χ3v) is 6.03. The summed E-state index contributed by atoms with van der Waals surface area (Å²) >= 11 is 0. The van der Waals surface area contributed by atoms with Crippen LogP contribution >= 0.6 is 0 Å². The lowest BCUT2D eigenvalue weighted by Gasteiger charge is -2.08. The molecule has 0 bridgehead atoms. The van der Waals surface area contributed by atoms with E-state index in [2.05, 4.69) is 25.6 Å². The number of hydrogen-bond acceptors (Lipinski definition) is 6. The first-order valence-electron chi connectivity index (χ1n) is 13.2. The second-order valence-electron chi connectivity index (χ2n) is 9.11. The molecule has 6 rings (SSSR count). The fourth-order valence-electron chi connectivity index (χ4n) is 3.92. The quantitative estimate of drug-likeness (QED) is 0.122. The number of isocyanates is 1. The molecule has 208 valence electrons. The number of benzene rings is 4. The molecule has 0 aliphatic heterocycles. The van der Waals surface area contributed by atoms with Crippen LogP contribution in [0.25, 0.3) is 21.5 Å². The Labute approximate surface area is 244 Å². The van der Waals surface area contributed by atoms with Gasteiger partial charge in [0.1, 0.15) is 0 Å². The van der Waals surface area contributed by atoms with Crippen molar-refractivity contribution < 1.29 is 9.59 Å². The van der Waals surface area contributed by atoms with E-state index >= 15 is 0 Å². The van der Waals surface area contributed by atoms with Crippen LogP contribution in [0.1, 0.15) is 11.1 Å². The fourth-order valence-corrected chi connectivity index (χ4v) is 3.92. The highest BCUT2D eigenvalue weighted by Gasteiger charge is 2.02. The number of nitrogens with zero attached hydrogens (tertiary/aromatic N) is 3. The molecule has 0 saturated carbocycles. The SMILES string of the molecule is Nc1ccc2cnccc2c1.O=C(NCc1ccccc1)Nc1ccc2cnccc2c1.O=C=NCc1ccccc1. The summed E-state index contributed by atoms with van der Waals surface area (Å²) in [6.07, 6.45) is 8.62. The van der Waals surface area contributed by atoms with E-state index in [1.54, 1.807) is 18.6 Å². The third kappa shape index (κ3) is 9.41. The molecule has 8 nitrogen and oxygen atoms in total. The minimum absolute atomic E-state index is 0.216. The number of aromatic nitrogens is 2. The van der Waals surface area contributed by atoms with Crippen molar-refractivity contribution in [2.24, 2.45) is 4.99 Å². The van der Waals surface area contributed by atoms with Crippen LogP contribution in [0.4, 0.5) is 16.2 Å². The maximum absolute atomic E-state index is 11.9. The number of fused-ring (bicyclic) bond motifs is 2. The summed E-state index contributed by atoms with van der Waals surface area (Å²) < 4.78 is 0. The second kappa shape index (κ2) is 15.7. The van der Waals surface area contributed by atoms with Crippen molar-refractivity contribution in [3.05, 3.63) is 145 Å². The van der Waals surface area contributed by atoms with Crippen LogP contribution < -0.4 is 16.4 Å². The molecule has 6 aromatic rings. The van der Waals surface area contributed by atoms with Crippen LogP contribution in [0, 0.1) is 0 Å². The minimum atomic E-state index is -0.216.